The van der Waals surface area contributed by atoms with Gasteiger partial charge >= 0.3 is 6.11 Å². The quantitative estimate of drug-likeness (QED) is 0.693. The SMILES string of the molecule is CC1(C)C=C(C=O)C=CC(OC(F)(F)C2=CC(C)(C)CC(=O)C=C2)=C1. The Morgan fingerprint density at radius 3 is 2.36 bits per heavy atom. The fourth-order valence-corrected chi connectivity index (χ4v) is 2.85. The Kier molecular flexibility index (Phi) is 4.98. The van der Waals surface area contributed by atoms with Gasteiger partial charge in [0.25, 0.3) is 0 Å². The lowest BCUT2D eigenvalue weighted by atomic mass is 9.87. The Balaban J connectivity index is 2.33. The molecule has 0 radical (unpaired) electrons. The number of carbonyl (C=O) groups excluding carboxylic acids is 2. The van der Waals surface area contributed by atoms with Crippen LogP contribution in [0.1, 0.15) is 34.1 Å². The van der Waals surface area contributed by atoms with Crippen molar-refractivity contribution in [2.45, 2.75) is 40.2 Å². The molecule has 0 aromatic rings. The number of aldehydes is 1. The fourth-order valence-electron chi connectivity index (χ4n) is 2.85. The third-order valence-corrected chi connectivity index (χ3v) is 3.84. The van der Waals surface area contributed by atoms with Gasteiger partial charge in [0.1, 0.15) is 12.0 Å². The maximum absolute atomic E-state index is 14.7. The van der Waals surface area contributed by atoms with E-state index in [1.807, 2.05) is 0 Å². The molecule has 0 N–H and O–H groups in total. The number of ketones is 1. The van der Waals surface area contributed by atoms with Gasteiger partial charge in [-0.05, 0) is 35.8 Å². The molecule has 0 saturated carbocycles. The van der Waals surface area contributed by atoms with Gasteiger partial charge in [0.15, 0.2) is 5.78 Å². The van der Waals surface area contributed by atoms with Crippen molar-refractivity contribution < 1.29 is 23.1 Å². The van der Waals surface area contributed by atoms with E-state index in [0.29, 0.717) is 11.9 Å². The molecule has 0 aromatic carbocycles. The zero-order valence-corrected chi connectivity index (χ0v) is 14.8. The maximum Gasteiger partial charge on any atom is 0.426 e. The molecular weight excluding hydrogens is 326 g/mol. The van der Waals surface area contributed by atoms with Crippen LogP contribution < -0.4 is 0 Å². The molecule has 2 rings (SSSR count). The summed E-state index contributed by atoms with van der Waals surface area (Å²) in [5.41, 5.74) is -1.28. The van der Waals surface area contributed by atoms with Gasteiger partial charge in [-0.15, -0.1) is 0 Å². The number of allylic oxidation sites excluding steroid dienone is 7. The first-order valence-electron chi connectivity index (χ1n) is 8.03. The van der Waals surface area contributed by atoms with Gasteiger partial charge in [-0.1, -0.05) is 39.8 Å². The van der Waals surface area contributed by atoms with E-state index in [2.05, 4.69) is 0 Å². The van der Waals surface area contributed by atoms with Crippen molar-refractivity contribution >= 4 is 12.1 Å². The third-order valence-electron chi connectivity index (χ3n) is 3.84. The topological polar surface area (TPSA) is 43.4 Å². The molecule has 25 heavy (non-hydrogen) atoms. The van der Waals surface area contributed by atoms with E-state index in [-0.39, 0.29) is 23.5 Å². The minimum absolute atomic E-state index is 0.0363. The minimum atomic E-state index is -3.60. The van der Waals surface area contributed by atoms with E-state index in [0.717, 1.165) is 12.2 Å². The first-order valence-corrected chi connectivity index (χ1v) is 8.03. The molecule has 0 spiro atoms. The van der Waals surface area contributed by atoms with E-state index >= 15 is 0 Å². The Labute approximate surface area is 146 Å². The van der Waals surface area contributed by atoms with Gasteiger partial charge in [0.2, 0.25) is 0 Å². The smallest absolute Gasteiger partial charge is 0.426 e. The maximum atomic E-state index is 14.7. The summed E-state index contributed by atoms with van der Waals surface area (Å²) in [6.07, 6.45) is 6.86. The van der Waals surface area contributed by atoms with Crippen LogP contribution in [0, 0.1) is 10.8 Å². The van der Waals surface area contributed by atoms with Crippen LogP contribution in [0.4, 0.5) is 8.78 Å². The van der Waals surface area contributed by atoms with Crippen LogP contribution in [0.15, 0.2) is 59.4 Å². The molecule has 0 bridgehead atoms. The molecule has 134 valence electrons. The summed E-state index contributed by atoms with van der Waals surface area (Å²) in [4.78, 5) is 22.7. The van der Waals surface area contributed by atoms with Crippen molar-refractivity contribution in [1.29, 1.82) is 0 Å². The molecule has 2 aliphatic carbocycles. The fraction of sp³-hybridized carbons (Fsp3) is 0.400. The number of carbonyl (C=O) groups is 2. The molecule has 0 fully saturated rings. The first kappa shape index (κ1) is 19.0. The molecule has 3 nitrogen and oxygen atoms in total. The predicted octanol–water partition coefficient (Wildman–Crippen LogP) is 4.68. The van der Waals surface area contributed by atoms with Crippen molar-refractivity contribution in [2.75, 3.05) is 0 Å². The molecule has 0 saturated heterocycles. The summed E-state index contributed by atoms with van der Waals surface area (Å²) in [7, 11) is 0. The normalized spacial score (nSPS) is 22.3. The van der Waals surface area contributed by atoms with Crippen molar-refractivity contribution in [3.05, 3.63) is 59.4 Å². The molecule has 0 heterocycles. The van der Waals surface area contributed by atoms with Gasteiger partial charge in [0, 0.05) is 17.4 Å². The van der Waals surface area contributed by atoms with Gasteiger partial charge in [0.05, 0.1) is 5.57 Å². The largest absolute Gasteiger partial charge is 0.429 e. The van der Waals surface area contributed by atoms with E-state index in [1.54, 1.807) is 33.8 Å². The Morgan fingerprint density at radius 2 is 1.72 bits per heavy atom. The second-order valence-corrected chi connectivity index (χ2v) is 7.65. The number of rotatable bonds is 4. The van der Waals surface area contributed by atoms with Gasteiger partial charge in [-0.2, -0.15) is 8.78 Å². The lowest BCUT2D eigenvalue weighted by Gasteiger charge is -2.24. The molecule has 0 amide bonds. The van der Waals surface area contributed by atoms with Crippen LogP contribution in [0.2, 0.25) is 0 Å². The molecular formula is C20H22F2O3. The van der Waals surface area contributed by atoms with Crippen molar-refractivity contribution in [3.8, 4) is 0 Å². The zero-order chi connectivity index (χ0) is 18.9. The highest BCUT2D eigenvalue weighted by Crippen LogP contribution is 2.38. The van der Waals surface area contributed by atoms with Crippen LogP contribution in [-0.4, -0.2) is 18.2 Å². The number of alkyl halides is 2. The van der Waals surface area contributed by atoms with E-state index in [9.17, 15) is 18.4 Å². The van der Waals surface area contributed by atoms with E-state index < -0.39 is 16.9 Å². The molecule has 5 heteroatoms. The highest BCUT2D eigenvalue weighted by molar-refractivity contribution is 5.91. The molecule has 2 aliphatic rings. The van der Waals surface area contributed by atoms with Crippen LogP contribution in [0.25, 0.3) is 0 Å². The summed E-state index contributed by atoms with van der Waals surface area (Å²) < 4.78 is 34.4. The zero-order valence-electron chi connectivity index (χ0n) is 14.8. The molecule has 0 aliphatic heterocycles. The summed E-state index contributed by atoms with van der Waals surface area (Å²) in [5.74, 6) is -0.243. The van der Waals surface area contributed by atoms with Crippen LogP contribution >= 0.6 is 0 Å². The lowest BCUT2D eigenvalue weighted by molar-refractivity contribution is -0.177. The Hall–Kier alpha value is -2.30. The Morgan fingerprint density at radius 1 is 1.04 bits per heavy atom. The van der Waals surface area contributed by atoms with Crippen molar-refractivity contribution in [3.63, 3.8) is 0 Å². The molecule has 0 aromatic heterocycles. The first-order chi connectivity index (χ1) is 11.4. The standard InChI is InChI=1S/C20H22F2O3/c1-18(2)9-14(13-23)5-8-17(12-18)25-20(21,22)15-6-7-16(24)11-19(3,4)10-15/h5-10,12-13H,11H2,1-4H3. The van der Waals surface area contributed by atoms with Gasteiger partial charge in [-0.25, -0.2) is 0 Å². The molecule has 0 atom stereocenters. The number of halogens is 2. The number of hydrogen-bond donors (Lipinski definition) is 0. The summed E-state index contributed by atoms with van der Waals surface area (Å²) in [6, 6.07) is 0. The van der Waals surface area contributed by atoms with Crippen LogP contribution in [0.3, 0.4) is 0 Å². The second-order valence-electron chi connectivity index (χ2n) is 7.65. The van der Waals surface area contributed by atoms with E-state index in [4.69, 9.17) is 4.74 Å². The third kappa shape index (κ3) is 5.08. The van der Waals surface area contributed by atoms with Crippen LogP contribution in [0.5, 0.6) is 0 Å². The van der Waals surface area contributed by atoms with Gasteiger partial charge < -0.3 is 4.74 Å². The van der Waals surface area contributed by atoms with Crippen LogP contribution in [-0.2, 0) is 14.3 Å². The van der Waals surface area contributed by atoms with Gasteiger partial charge in [-0.3, -0.25) is 9.59 Å². The number of ether oxygens (including phenoxy) is 1. The number of hydrogen-bond acceptors (Lipinski definition) is 3. The average molecular weight is 348 g/mol. The minimum Gasteiger partial charge on any atom is -0.429 e. The lowest BCUT2D eigenvalue weighted by Crippen LogP contribution is -2.24. The summed E-state index contributed by atoms with van der Waals surface area (Å²) >= 11 is 0. The average Bonchev–Trinajstić information content (AvgIpc) is 2.68. The predicted molar refractivity (Wildman–Crippen MR) is 91.8 cm³/mol. The molecule has 0 unspecified atom stereocenters. The summed E-state index contributed by atoms with van der Waals surface area (Å²) in [6.45, 7) is 7.03. The van der Waals surface area contributed by atoms with E-state index in [1.165, 1.54) is 24.3 Å². The summed E-state index contributed by atoms with van der Waals surface area (Å²) in [5, 5.41) is 0. The monoisotopic (exact) mass is 348 g/mol. The van der Waals surface area contributed by atoms with Crippen molar-refractivity contribution in [2.24, 2.45) is 10.8 Å². The van der Waals surface area contributed by atoms with Crippen molar-refractivity contribution in [1.82, 2.24) is 0 Å². The Bertz CT molecular complexity index is 732. The highest BCUT2D eigenvalue weighted by Gasteiger charge is 2.39. The highest BCUT2D eigenvalue weighted by atomic mass is 19.3. The second kappa shape index (κ2) is 6.54.